The van der Waals surface area contributed by atoms with Crippen molar-refractivity contribution in [3.05, 3.63) is 0 Å². The van der Waals surface area contributed by atoms with E-state index >= 15 is 0 Å². The Morgan fingerprint density at radius 3 is 1.60 bits per heavy atom. The van der Waals surface area contributed by atoms with Gasteiger partial charge in [-0.2, -0.15) is 4.58 Å². The first-order valence-electron chi connectivity index (χ1n) is 2.75. The summed E-state index contributed by atoms with van der Waals surface area (Å²) in [5, 5.41) is 0. The topological polar surface area (TPSA) is 79.2 Å². The third-order valence-corrected chi connectivity index (χ3v) is 0.710. The molecule has 6 heteroatoms. The maximum atomic E-state index is 8.28. The van der Waals surface area contributed by atoms with Crippen molar-refractivity contribution in [3.8, 4) is 0 Å². The van der Waals surface area contributed by atoms with Crippen LogP contribution < -0.4 is 0 Å². The fourth-order valence-electron chi connectivity index (χ4n) is 0.181. The first-order valence-corrected chi connectivity index (χ1v) is 4.50. The molecule has 5 nitrogen and oxygen atoms in total. The standard InChI is InChI=1S/C4H12O5Si/c1-4(2,3)8-9-10(5,6)7/h5-7H,1-3H3. The summed E-state index contributed by atoms with van der Waals surface area (Å²) < 4.78 is 3.90. The van der Waals surface area contributed by atoms with Crippen LogP contribution in [-0.2, 0) is 9.46 Å². The predicted octanol–water partition coefficient (Wildman–Crippen LogP) is -0.854. The molecular formula is C4H12O5Si. The molecule has 0 aliphatic rings. The summed E-state index contributed by atoms with van der Waals surface area (Å²) in [7, 11) is -4.49. The lowest BCUT2D eigenvalue weighted by molar-refractivity contribution is -0.317. The van der Waals surface area contributed by atoms with Gasteiger partial charge in [0.1, 0.15) is 0 Å². The van der Waals surface area contributed by atoms with Crippen molar-refractivity contribution in [1.29, 1.82) is 0 Å². The van der Waals surface area contributed by atoms with Gasteiger partial charge in [0, 0.05) is 0 Å². The molecule has 0 saturated heterocycles. The Labute approximate surface area is 60.2 Å². The zero-order valence-electron chi connectivity index (χ0n) is 6.16. The Bertz CT molecular complexity index is 87.2. The highest BCUT2D eigenvalue weighted by atomic mass is 28.4. The lowest BCUT2D eigenvalue weighted by Gasteiger charge is -2.19. The molecule has 10 heavy (non-hydrogen) atoms. The van der Waals surface area contributed by atoms with Gasteiger partial charge < -0.3 is 14.4 Å². The van der Waals surface area contributed by atoms with Gasteiger partial charge in [-0.05, 0) is 20.8 Å². The van der Waals surface area contributed by atoms with Crippen molar-refractivity contribution >= 4 is 9.05 Å². The summed E-state index contributed by atoms with van der Waals surface area (Å²) in [4.78, 5) is 29.3. The molecule has 0 unspecified atom stereocenters. The molecule has 0 amide bonds. The van der Waals surface area contributed by atoms with E-state index in [-0.39, 0.29) is 0 Å². The third-order valence-electron chi connectivity index (χ3n) is 0.403. The van der Waals surface area contributed by atoms with Crippen molar-refractivity contribution in [2.75, 3.05) is 0 Å². The van der Waals surface area contributed by atoms with E-state index in [0.717, 1.165) is 0 Å². The SMILES string of the molecule is CC(C)(C)OO[Si](O)(O)O. The third kappa shape index (κ3) is 8.02. The van der Waals surface area contributed by atoms with Crippen molar-refractivity contribution in [2.45, 2.75) is 26.4 Å². The van der Waals surface area contributed by atoms with E-state index in [9.17, 15) is 0 Å². The van der Waals surface area contributed by atoms with E-state index in [1.54, 1.807) is 20.8 Å². The molecule has 62 valence electrons. The number of hydrogen-bond donors (Lipinski definition) is 3. The minimum absolute atomic E-state index is 0.660. The molecule has 0 fully saturated rings. The highest BCUT2D eigenvalue weighted by Gasteiger charge is 2.34. The molecule has 0 atom stereocenters. The van der Waals surface area contributed by atoms with E-state index in [2.05, 4.69) is 9.46 Å². The first kappa shape index (κ1) is 10.0. The number of hydrogen-bond acceptors (Lipinski definition) is 5. The van der Waals surface area contributed by atoms with Gasteiger partial charge in [0.25, 0.3) is 0 Å². The average molecular weight is 168 g/mol. The normalized spacial score (nSPS) is 13.8. The van der Waals surface area contributed by atoms with Crippen molar-refractivity contribution in [2.24, 2.45) is 0 Å². The second-order valence-electron chi connectivity index (χ2n) is 2.85. The summed E-state index contributed by atoms with van der Waals surface area (Å²) in [6.45, 7) is 4.94. The Morgan fingerprint density at radius 2 is 1.50 bits per heavy atom. The predicted molar refractivity (Wildman–Crippen MR) is 34.3 cm³/mol. The zero-order valence-corrected chi connectivity index (χ0v) is 7.16. The summed E-state index contributed by atoms with van der Waals surface area (Å²) in [5.74, 6) is 0. The molecule has 3 N–H and O–H groups in total. The molecule has 0 aliphatic heterocycles. The first-order chi connectivity index (χ1) is 4.21. The van der Waals surface area contributed by atoms with Crippen LogP contribution in [0.25, 0.3) is 0 Å². The van der Waals surface area contributed by atoms with Crippen LogP contribution in [0.4, 0.5) is 0 Å². The van der Waals surface area contributed by atoms with Crippen LogP contribution in [0.1, 0.15) is 20.8 Å². The molecule has 0 aromatic rings. The van der Waals surface area contributed by atoms with Crippen molar-refractivity contribution in [3.63, 3.8) is 0 Å². The molecule has 0 aliphatic carbocycles. The van der Waals surface area contributed by atoms with Crippen LogP contribution >= 0.6 is 0 Å². The van der Waals surface area contributed by atoms with Gasteiger partial charge >= 0.3 is 9.05 Å². The molecule has 0 rings (SSSR count). The summed E-state index contributed by atoms with van der Waals surface area (Å²) in [6, 6.07) is 0. The number of rotatable bonds is 2. The fourth-order valence-corrected chi connectivity index (χ4v) is 0.543. The largest absolute Gasteiger partial charge is 0.699 e. The second kappa shape index (κ2) is 2.95. The smallest absolute Gasteiger partial charge is 0.366 e. The monoisotopic (exact) mass is 168 g/mol. The second-order valence-corrected chi connectivity index (χ2v) is 4.17. The summed E-state index contributed by atoms with van der Waals surface area (Å²) >= 11 is 0. The lowest BCUT2D eigenvalue weighted by atomic mass is 10.2. The zero-order chi connectivity index (χ0) is 8.41. The fraction of sp³-hybridized carbons (Fsp3) is 1.00. The van der Waals surface area contributed by atoms with Crippen molar-refractivity contribution in [1.82, 2.24) is 0 Å². The minimum atomic E-state index is -4.49. The van der Waals surface area contributed by atoms with Gasteiger partial charge in [-0.25, -0.2) is 4.89 Å². The molecule has 0 aromatic carbocycles. The highest BCUT2D eigenvalue weighted by molar-refractivity contribution is 6.48. The molecule has 0 radical (unpaired) electrons. The Kier molecular flexibility index (Phi) is 2.95. The Balaban J connectivity index is 3.56. The maximum absolute atomic E-state index is 8.28. The Hall–Kier alpha value is 0.0169. The summed E-state index contributed by atoms with van der Waals surface area (Å²) in [5.41, 5.74) is -0.660. The molecule has 0 heterocycles. The van der Waals surface area contributed by atoms with Gasteiger partial charge in [0.15, 0.2) is 0 Å². The van der Waals surface area contributed by atoms with E-state index in [0.29, 0.717) is 0 Å². The van der Waals surface area contributed by atoms with Crippen LogP contribution in [0.2, 0.25) is 0 Å². The highest BCUT2D eigenvalue weighted by Crippen LogP contribution is 2.08. The molecular weight excluding hydrogens is 156 g/mol. The molecule has 0 bridgehead atoms. The van der Waals surface area contributed by atoms with Crippen LogP contribution in [0, 0.1) is 0 Å². The van der Waals surface area contributed by atoms with Crippen LogP contribution in [-0.4, -0.2) is 29.0 Å². The molecule has 0 saturated carbocycles. The van der Waals surface area contributed by atoms with Gasteiger partial charge in [0.05, 0.1) is 5.60 Å². The van der Waals surface area contributed by atoms with Crippen molar-refractivity contribution < 1.29 is 23.9 Å². The van der Waals surface area contributed by atoms with Crippen LogP contribution in [0.15, 0.2) is 0 Å². The van der Waals surface area contributed by atoms with Gasteiger partial charge in [-0.15, -0.1) is 0 Å². The maximum Gasteiger partial charge on any atom is 0.699 e. The van der Waals surface area contributed by atoms with Gasteiger partial charge in [0.2, 0.25) is 0 Å². The van der Waals surface area contributed by atoms with Crippen LogP contribution in [0.3, 0.4) is 0 Å². The van der Waals surface area contributed by atoms with Crippen LogP contribution in [0.5, 0.6) is 0 Å². The van der Waals surface area contributed by atoms with Gasteiger partial charge in [-0.3, -0.25) is 0 Å². The lowest BCUT2D eigenvalue weighted by Crippen LogP contribution is -2.41. The summed E-state index contributed by atoms with van der Waals surface area (Å²) in [6.07, 6.45) is 0. The van der Waals surface area contributed by atoms with E-state index in [1.807, 2.05) is 0 Å². The van der Waals surface area contributed by atoms with Gasteiger partial charge in [-0.1, -0.05) is 0 Å². The quantitative estimate of drug-likeness (QED) is 0.284. The van der Waals surface area contributed by atoms with E-state index in [4.69, 9.17) is 14.4 Å². The Morgan fingerprint density at radius 1 is 1.10 bits per heavy atom. The van der Waals surface area contributed by atoms with E-state index < -0.39 is 14.6 Å². The van der Waals surface area contributed by atoms with E-state index in [1.165, 1.54) is 0 Å². The minimum Gasteiger partial charge on any atom is -0.366 e. The molecule has 0 spiro atoms. The average Bonchev–Trinajstić information content (AvgIpc) is 1.57. The molecule has 0 aromatic heterocycles.